The van der Waals surface area contributed by atoms with E-state index in [9.17, 15) is 13.6 Å². The van der Waals surface area contributed by atoms with Gasteiger partial charge < -0.3 is 9.52 Å². The molecule has 0 atom stereocenters. The molecule has 0 spiro atoms. The minimum Gasteiger partial charge on any atom is -0.481 e. The van der Waals surface area contributed by atoms with Gasteiger partial charge in [-0.15, -0.1) is 10.2 Å². The van der Waals surface area contributed by atoms with Crippen molar-refractivity contribution in [2.24, 2.45) is 0 Å². The first-order valence-electron chi connectivity index (χ1n) is 4.70. The summed E-state index contributed by atoms with van der Waals surface area (Å²) < 4.78 is 31.4. The van der Waals surface area contributed by atoms with Crippen molar-refractivity contribution in [2.75, 3.05) is 5.75 Å². The van der Waals surface area contributed by atoms with Gasteiger partial charge in [0.25, 0.3) is 11.1 Å². The van der Waals surface area contributed by atoms with Gasteiger partial charge in [0.1, 0.15) is 5.75 Å². The number of carboxylic acid groups (broad SMARTS) is 1. The van der Waals surface area contributed by atoms with Gasteiger partial charge in [-0.3, -0.25) is 4.79 Å². The first-order valence-corrected chi connectivity index (χ1v) is 5.69. The molecular weight excluding hydrogens is 266 g/mol. The average molecular weight is 272 g/mol. The molecule has 0 unspecified atom stereocenters. The van der Waals surface area contributed by atoms with E-state index in [1.165, 1.54) is 12.1 Å². The Kier molecular flexibility index (Phi) is 3.56. The van der Waals surface area contributed by atoms with E-state index in [1.807, 2.05) is 0 Å². The third kappa shape index (κ3) is 2.65. The Morgan fingerprint density at radius 2 is 2.17 bits per heavy atom. The lowest BCUT2D eigenvalue weighted by molar-refractivity contribution is -0.133. The molecule has 1 heterocycles. The molecule has 2 rings (SSSR count). The molecule has 0 radical (unpaired) electrons. The van der Waals surface area contributed by atoms with Gasteiger partial charge in [-0.1, -0.05) is 17.8 Å². The van der Waals surface area contributed by atoms with Crippen molar-refractivity contribution in [2.45, 2.75) is 5.22 Å². The van der Waals surface area contributed by atoms with Crippen molar-refractivity contribution in [3.63, 3.8) is 0 Å². The van der Waals surface area contributed by atoms with Crippen LogP contribution >= 0.6 is 11.8 Å². The number of halogens is 2. The molecule has 0 aliphatic rings. The summed E-state index contributed by atoms with van der Waals surface area (Å²) in [5, 5.41) is 15.5. The Bertz CT molecular complexity index is 588. The Morgan fingerprint density at radius 1 is 1.39 bits per heavy atom. The van der Waals surface area contributed by atoms with Gasteiger partial charge in [-0.05, 0) is 12.1 Å². The average Bonchev–Trinajstić information content (AvgIpc) is 2.78. The molecule has 8 heteroatoms. The summed E-state index contributed by atoms with van der Waals surface area (Å²) in [5.41, 5.74) is -0.162. The van der Waals surface area contributed by atoms with Crippen molar-refractivity contribution in [1.82, 2.24) is 10.2 Å². The van der Waals surface area contributed by atoms with Crippen LogP contribution in [0.3, 0.4) is 0 Å². The molecule has 5 nitrogen and oxygen atoms in total. The molecule has 0 fully saturated rings. The van der Waals surface area contributed by atoms with Crippen LogP contribution in [0.1, 0.15) is 0 Å². The standard InChI is InChI=1S/C10H6F2N2O3S/c11-6-3-1-2-5(8(6)12)9-13-14-10(17-9)18-4-7(15)16/h1-3H,4H2,(H,15,16). The highest BCUT2D eigenvalue weighted by atomic mass is 32.2. The van der Waals surface area contributed by atoms with Crippen LogP contribution in [0.5, 0.6) is 0 Å². The van der Waals surface area contributed by atoms with Crippen LogP contribution in [-0.2, 0) is 4.79 Å². The SMILES string of the molecule is O=C(O)CSc1nnc(-c2cccc(F)c2F)o1. The maximum absolute atomic E-state index is 13.4. The summed E-state index contributed by atoms with van der Waals surface area (Å²) in [5.74, 6) is -3.61. The van der Waals surface area contributed by atoms with Gasteiger partial charge in [-0.25, -0.2) is 8.78 Å². The summed E-state index contributed by atoms with van der Waals surface area (Å²) in [7, 11) is 0. The summed E-state index contributed by atoms with van der Waals surface area (Å²) in [6, 6.07) is 3.56. The predicted octanol–water partition coefficient (Wildman–Crippen LogP) is 2.19. The smallest absolute Gasteiger partial charge is 0.314 e. The monoisotopic (exact) mass is 272 g/mol. The van der Waals surface area contributed by atoms with E-state index in [1.54, 1.807) is 0 Å². The van der Waals surface area contributed by atoms with Crippen LogP contribution in [0.25, 0.3) is 11.5 Å². The normalized spacial score (nSPS) is 10.6. The van der Waals surface area contributed by atoms with E-state index in [4.69, 9.17) is 9.52 Å². The van der Waals surface area contributed by atoms with E-state index >= 15 is 0 Å². The molecule has 0 bridgehead atoms. The second-order valence-electron chi connectivity index (χ2n) is 3.16. The van der Waals surface area contributed by atoms with Gasteiger partial charge in [-0.2, -0.15) is 0 Å². The predicted molar refractivity (Wildman–Crippen MR) is 58.0 cm³/mol. The zero-order valence-corrected chi connectivity index (χ0v) is 9.58. The fourth-order valence-electron chi connectivity index (χ4n) is 1.17. The van der Waals surface area contributed by atoms with Crippen LogP contribution in [0.2, 0.25) is 0 Å². The molecule has 1 aromatic carbocycles. The molecule has 0 aliphatic carbocycles. The summed E-state index contributed by atoms with van der Waals surface area (Å²) >= 11 is 0.798. The fourth-order valence-corrected chi connectivity index (χ4v) is 1.65. The van der Waals surface area contributed by atoms with Crippen LogP contribution < -0.4 is 0 Å². The van der Waals surface area contributed by atoms with Gasteiger partial charge in [0.15, 0.2) is 11.6 Å². The maximum Gasteiger partial charge on any atom is 0.314 e. The van der Waals surface area contributed by atoms with Gasteiger partial charge in [0.05, 0.1) is 5.56 Å². The second kappa shape index (κ2) is 5.13. The molecule has 0 saturated carbocycles. The number of rotatable bonds is 4. The Balaban J connectivity index is 2.24. The Labute approximate surface area is 104 Å². The molecule has 0 amide bonds. The van der Waals surface area contributed by atoms with Crippen LogP contribution in [0.15, 0.2) is 27.8 Å². The first-order chi connectivity index (χ1) is 8.58. The second-order valence-corrected chi connectivity index (χ2v) is 4.08. The van der Waals surface area contributed by atoms with Crippen LogP contribution in [0.4, 0.5) is 8.78 Å². The van der Waals surface area contributed by atoms with Crippen molar-refractivity contribution < 1.29 is 23.1 Å². The number of hydrogen-bond acceptors (Lipinski definition) is 5. The molecule has 1 aromatic heterocycles. The van der Waals surface area contributed by atoms with E-state index < -0.39 is 17.6 Å². The third-order valence-corrected chi connectivity index (χ3v) is 2.71. The topological polar surface area (TPSA) is 76.2 Å². The van der Waals surface area contributed by atoms with Crippen molar-refractivity contribution in [1.29, 1.82) is 0 Å². The van der Waals surface area contributed by atoms with E-state index in [0.29, 0.717) is 0 Å². The molecule has 94 valence electrons. The number of carboxylic acids is 1. The lowest BCUT2D eigenvalue weighted by atomic mass is 10.2. The number of hydrogen-bond donors (Lipinski definition) is 1. The number of nitrogens with zero attached hydrogens (tertiary/aromatic N) is 2. The van der Waals surface area contributed by atoms with Crippen LogP contribution in [-0.4, -0.2) is 27.0 Å². The van der Waals surface area contributed by atoms with E-state index in [2.05, 4.69) is 10.2 Å². The number of carbonyl (C=O) groups is 1. The maximum atomic E-state index is 13.4. The molecule has 0 saturated heterocycles. The highest BCUT2D eigenvalue weighted by Gasteiger charge is 2.16. The number of thioether (sulfide) groups is 1. The minimum atomic E-state index is -1.09. The summed E-state index contributed by atoms with van der Waals surface area (Å²) in [4.78, 5) is 10.3. The lowest BCUT2D eigenvalue weighted by Crippen LogP contribution is -1.97. The third-order valence-electron chi connectivity index (χ3n) is 1.91. The highest BCUT2D eigenvalue weighted by Crippen LogP contribution is 2.26. The van der Waals surface area contributed by atoms with Gasteiger partial charge >= 0.3 is 5.97 Å². The molecule has 2 aromatic rings. The molecular formula is C10H6F2N2O3S. The first kappa shape index (κ1) is 12.5. The quantitative estimate of drug-likeness (QED) is 0.860. The number of aromatic nitrogens is 2. The zero-order valence-electron chi connectivity index (χ0n) is 8.76. The molecule has 0 aliphatic heterocycles. The van der Waals surface area contributed by atoms with Crippen molar-refractivity contribution in [3.05, 3.63) is 29.8 Å². The Hall–Kier alpha value is -1.96. The van der Waals surface area contributed by atoms with Gasteiger partial charge in [0, 0.05) is 0 Å². The van der Waals surface area contributed by atoms with Crippen molar-refractivity contribution >= 4 is 17.7 Å². The summed E-state index contributed by atoms with van der Waals surface area (Å²) in [6.45, 7) is 0. The molecule has 18 heavy (non-hydrogen) atoms. The largest absolute Gasteiger partial charge is 0.481 e. The van der Waals surface area contributed by atoms with E-state index in [0.717, 1.165) is 17.8 Å². The number of aliphatic carboxylic acids is 1. The van der Waals surface area contributed by atoms with Gasteiger partial charge in [0.2, 0.25) is 0 Å². The lowest BCUT2D eigenvalue weighted by Gasteiger charge is -1.97. The highest BCUT2D eigenvalue weighted by molar-refractivity contribution is 7.99. The minimum absolute atomic E-state index is 0.0175. The Morgan fingerprint density at radius 3 is 2.89 bits per heavy atom. The summed E-state index contributed by atoms with van der Waals surface area (Å²) in [6.07, 6.45) is 0. The van der Waals surface area contributed by atoms with Crippen LogP contribution in [0, 0.1) is 11.6 Å². The van der Waals surface area contributed by atoms with Crippen molar-refractivity contribution in [3.8, 4) is 11.5 Å². The number of benzene rings is 1. The van der Waals surface area contributed by atoms with E-state index in [-0.39, 0.29) is 22.4 Å². The fraction of sp³-hybridized carbons (Fsp3) is 0.100. The zero-order chi connectivity index (χ0) is 13.1. The molecule has 1 N–H and O–H groups in total.